The smallest absolute Gasteiger partial charge is 0.471 e. The van der Waals surface area contributed by atoms with Gasteiger partial charge in [-0.3, -0.25) is 4.79 Å². The molecule has 0 saturated carbocycles. The van der Waals surface area contributed by atoms with Crippen LogP contribution >= 0.6 is 0 Å². The van der Waals surface area contributed by atoms with E-state index in [0.29, 0.717) is 24.3 Å². The van der Waals surface area contributed by atoms with Crippen molar-refractivity contribution in [2.24, 2.45) is 0 Å². The van der Waals surface area contributed by atoms with Crippen molar-refractivity contribution < 1.29 is 36.4 Å². The number of methoxy groups -OCH3 is 1. The molecule has 1 fully saturated rings. The van der Waals surface area contributed by atoms with Crippen molar-refractivity contribution in [3.8, 4) is 22.9 Å². The van der Waals surface area contributed by atoms with Gasteiger partial charge in [0.15, 0.2) is 11.6 Å². The zero-order valence-corrected chi connectivity index (χ0v) is 16.7. The van der Waals surface area contributed by atoms with Crippen molar-refractivity contribution in [1.29, 1.82) is 0 Å². The predicted octanol–water partition coefficient (Wildman–Crippen LogP) is 4.20. The highest BCUT2D eigenvalue weighted by molar-refractivity contribution is 5.94. The first-order chi connectivity index (χ1) is 15.2. The minimum atomic E-state index is -4.79. The van der Waals surface area contributed by atoms with E-state index in [1.807, 2.05) is 0 Å². The van der Waals surface area contributed by atoms with Gasteiger partial charge in [-0.25, -0.2) is 4.39 Å². The van der Waals surface area contributed by atoms with E-state index < -0.39 is 24.0 Å². The fourth-order valence-electron chi connectivity index (χ4n) is 3.30. The van der Waals surface area contributed by atoms with Crippen LogP contribution in [0.4, 0.5) is 17.6 Å². The van der Waals surface area contributed by atoms with Crippen molar-refractivity contribution in [2.75, 3.05) is 20.2 Å². The Bertz CT molecular complexity index is 1110. The summed E-state index contributed by atoms with van der Waals surface area (Å²) in [6, 6.07) is 10.3. The lowest BCUT2D eigenvalue weighted by Gasteiger charge is -2.18. The highest BCUT2D eigenvalue weighted by Crippen LogP contribution is 2.31. The third-order valence-corrected chi connectivity index (χ3v) is 4.92. The first-order valence-corrected chi connectivity index (χ1v) is 9.55. The van der Waals surface area contributed by atoms with Gasteiger partial charge in [-0.15, -0.1) is 0 Å². The summed E-state index contributed by atoms with van der Waals surface area (Å²) < 4.78 is 67.2. The van der Waals surface area contributed by atoms with Crippen molar-refractivity contribution in [2.45, 2.75) is 18.7 Å². The lowest BCUT2D eigenvalue weighted by molar-refractivity contribution is -0.159. The average Bonchev–Trinajstić information content (AvgIpc) is 3.45. The van der Waals surface area contributed by atoms with Crippen molar-refractivity contribution >= 4 is 5.91 Å². The van der Waals surface area contributed by atoms with Crippen LogP contribution in [0.5, 0.6) is 11.5 Å². The molecule has 0 unspecified atom stereocenters. The Balaban J connectivity index is 1.40. The average molecular weight is 451 g/mol. The maximum atomic E-state index is 14.5. The Morgan fingerprint density at radius 1 is 1.19 bits per heavy atom. The van der Waals surface area contributed by atoms with Gasteiger partial charge in [-0.1, -0.05) is 5.16 Å². The summed E-state index contributed by atoms with van der Waals surface area (Å²) in [5.74, 6) is -2.32. The normalized spacial score (nSPS) is 16.3. The molecule has 1 aliphatic rings. The van der Waals surface area contributed by atoms with E-state index in [9.17, 15) is 22.4 Å². The Hall–Kier alpha value is -3.63. The van der Waals surface area contributed by atoms with Crippen LogP contribution in [0.2, 0.25) is 0 Å². The summed E-state index contributed by atoms with van der Waals surface area (Å²) in [4.78, 5) is 17.5. The number of benzene rings is 2. The van der Waals surface area contributed by atoms with Crippen molar-refractivity contribution in [3.05, 3.63) is 59.7 Å². The van der Waals surface area contributed by atoms with Gasteiger partial charge in [0.1, 0.15) is 11.9 Å². The number of rotatable bonds is 5. The third-order valence-electron chi connectivity index (χ3n) is 4.92. The van der Waals surface area contributed by atoms with Gasteiger partial charge in [0, 0.05) is 24.1 Å². The number of hydrogen-bond donors (Lipinski definition) is 0. The molecule has 2 aromatic carbocycles. The second-order valence-corrected chi connectivity index (χ2v) is 7.07. The molecule has 0 N–H and O–H groups in total. The zero-order chi connectivity index (χ0) is 22.9. The highest BCUT2D eigenvalue weighted by atomic mass is 19.4. The summed E-state index contributed by atoms with van der Waals surface area (Å²) in [7, 11) is 1.53. The highest BCUT2D eigenvalue weighted by Gasteiger charge is 2.38. The Labute approximate surface area is 179 Å². The molecule has 32 heavy (non-hydrogen) atoms. The maximum Gasteiger partial charge on any atom is 0.471 e. The van der Waals surface area contributed by atoms with E-state index in [4.69, 9.17) is 9.47 Å². The molecule has 0 spiro atoms. The molecule has 0 bridgehead atoms. The summed E-state index contributed by atoms with van der Waals surface area (Å²) in [6.07, 6.45) is -4.72. The van der Waals surface area contributed by atoms with E-state index in [1.165, 1.54) is 19.2 Å². The first kappa shape index (κ1) is 21.6. The molecule has 0 aliphatic carbocycles. The molecule has 4 rings (SSSR count). The molecule has 11 heteroatoms. The molecule has 1 aliphatic heterocycles. The summed E-state index contributed by atoms with van der Waals surface area (Å²) in [5, 5.41) is 3.23. The monoisotopic (exact) mass is 451 g/mol. The number of aromatic nitrogens is 2. The van der Waals surface area contributed by atoms with Crippen molar-refractivity contribution in [3.63, 3.8) is 0 Å². The minimum absolute atomic E-state index is 0.0110. The van der Waals surface area contributed by atoms with Crippen LogP contribution in [0, 0.1) is 5.82 Å². The van der Waals surface area contributed by atoms with Gasteiger partial charge in [-0.2, -0.15) is 18.2 Å². The number of likely N-dealkylation sites (tertiary alicyclic amines) is 1. The quantitative estimate of drug-likeness (QED) is 0.542. The topological polar surface area (TPSA) is 77.7 Å². The Morgan fingerprint density at radius 3 is 2.56 bits per heavy atom. The standard InChI is InChI=1S/C21H17F4N3O4/c1-30-14-5-2-12(3-6-14)19(29)28-9-8-15(11-28)31-17-7-4-13(10-16(17)22)18-26-20(32-27-18)21(23,24)25/h2-7,10,15H,8-9,11H2,1H3/t15-/m1/s1. The van der Waals surface area contributed by atoms with Gasteiger partial charge < -0.3 is 18.9 Å². The van der Waals surface area contributed by atoms with E-state index >= 15 is 0 Å². The molecule has 1 atom stereocenters. The van der Waals surface area contributed by atoms with Crippen LogP contribution in [-0.4, -0.2) is 47.3 Å². The molecule has 1 aromatic heterocycles. The summed E-state index contributed by atoms with van der Waals surface area (Å²) >= 11 is 0. The number of carbonyl (C=O) groups is 1. The molecule has 3 aromatic rings. The van der Waals surface area contributed by atoms with Crippen molar-refractivity contribution in [1.82, 2.24) is 15.0 Å². The molecule has 1 saturated heterocycles. The van der Waals surface area contributed by atoms with E-state index in [1.54, 1.807) is 29.2 Å². The zero-order valence-electron chi connectivity index (χ0n) is 16.7. The van der Waals surface area contributed by atoms with Crippen LogP contribution in [0.15, 0.2) is 47.0 Å². The van der Waals surface area contributed by atoms with Crippen LogP contribution < -0.4 is 9.47 Å². The maximum absolute atomic E-state index is 14.5. The molecule has 1 amide bonds. The molecule has 168 valence electrons. The first-order valence-electron chi connectivity index (χ1n) is 9.55. The predicted molar refractivity (Wildman–Crippen MR) is 103 cm³/mol. The van der Waals surface area contributed by atoms with Crippen LogP contribution in [-0.2, 0) is 6.18 Å². The number of alkyl halides is 3. The fourth-order valence-corrected chi connectivity index (χ4v) is 3.30. The summed E-state index contributed by atoms with van der Waals surface area (Å²) in [6.45, 7) is 0.712. The van der Waals surface area contributed by atoms with Gasteiger partial charge in [-0.05, 0) is 42.5 Å². The Morgan fingerprint density at radius 2 is 1.94 bits per heavy atom. The van der Waals surface area contributed by atoms with E-state index in [0.717, 1.165) is 6.07 Å². The van der Waals surface area contributed by atoms with Crippen LogP contribution in [0.3, 0.4) is 0 Å². The molecular formula is C21H17F4N3O4. The molecular weight excluding hydrogens is 434 g/mol. The molecule has 2 heterocycles. The van der Waals surface area contributed by atoms with Gasteiger partial charge in [0.2, 0.25) is 5.82 Å². The second-order valence-electron chi connectivity index (χ2n) is 7.07. The summed E-state index contributed by atoms with van der Waals surface area (Å²) in [5.41, 5.74) is 0.511. The number of hydrogen-bond acceptors (Lipinski definition) is 6. The number of amides is 1. The number of halogens is 4. The largest absolute Gasteiger partial charge is 0.497 e. The van der Waals surface area contributed by atoms with Gasteiger partial charge in [0.25, 0.3) is 5.91 Å². The number of nitrogens with zero attached hydrogens (tertiary/aromatic N) is 3. The Kier molecular flexibility index (Phi) is 5.72. The fraction of sp³-hybridized carbons (Fsp3) is 0.286. The second kappa shape index (κ2) is 8.48. The van der Waals surface area contributed by atoms with Gasteiger partial charge in [0.05, 0.1) is 13.7 Å². The van der Waals surface area contributed by atoms with E-state index in [-0.39, 0.29) is 29.6 Å². The molecule has 7 nitrogen and oxygen atoms in total. The lowest BCUT2D eigenvalue weighted by Crippen LogP contribution is -2.31. The third kappa shape index (κ3) is 4.51. The number of carbonyl (C=O) groups excluding carboxylic acids is 1. The lowest BCUT2D eigenvalue weighted by atomic mass is 10.2. The number of ether oxygens (including phenoxy) is 2. The van der Waals surface area contributed by atoms with Gasteiger partial charge >= 0.3 is 12.1 Å². The van der Waals surface area contributed by atoms with Crippen LogP contribution in [0.25, 0.3) is 11.4 Å². The van der Waals surface area contributed by atoms with E-state index in [2.05, 4.69) is 14.7 Å². The SMILES string of the molecule is COc1ccc(C(=O)N2CC[C@@H](Oc3ccc(-c4noc(C(F)(F)F)n4)cc3F)C2)cc1. The molecule has 0 radical (unpaired) electrons. The van der Waals surface area contributed by atoms with Crippen LogP contribution in [0.1, 0.15) is 22.7 Å². The minimum Gasteiger partial charge on any atom is -0.497 e.